The highest BCUT2D eigenvalue weighted by atomic mass is 16.5. The molecule has 0 aliphatic heterocycles. The number of rotatable bonds is 5. The summed E-state index contributed by atoms with van der Waals surface area (Å²) in [5.74, 6) is 0.766. The second kappa shape index (κ2) is 6.36. The van der Waals surface area contributed by atoms with Crippen LogP contribution in [0, 0.1) is 25.2 Å². The Bertz CT molecular complexity index is 449. The van der Waals surface area contributed by atoms with E-state index in [1.165, 1.54) is 0 Å². The standard InChI is InChI=1S/C14H21N3O/c1-10(2)17(6-7-18-5)14-13(9-15)11(3)8-12(4)16-14/h8,10H,6-7H2,1-5H3. The van der Waals surface area contributed by atoms with Crippen molar-refractivity contribution < 1.29 is 4.74 Å². The molecule has 1 heterocycles. The summed E-state index contributed by atoms with van der Waals surface area (Å²) in [7, 11) is 1.68. The maximum atomic E-state index is 9.30. The van der Waals surface area contributed by atoms with Crippen molar-refractivity contribution in [2.45, 2.75) is 33.7 Å². The van der Waals surface area contributed by atoms with Gasteiger partial charge in [0.15, 0.2) is 0 Å². The number of ether oxygens (including phenoxy) is 1. The monoisotopic (exact) mass is 247 g/mol. The molecular formula is C14H21N3O. The Morgan fingerprint density at radius 2 is 2.11 bits per heavy atom. The number of hydrogen-bond donors (Lipinski definition) is 0. The minimum atomic E-state index is 0.279. The molecule has 0 saturated heterocycles. The first kappa shape index (κ1) is 14.5. The summed E-state index contributed by atoms with van der Waals surface area (Å²) in [4.78, 5) is 6.64. The zero-order chi connectivity index (χ0) is 13.7. The Balaban J connectivity index is 3.22. The third-order valence-electron chi connectivity index (χ3n) is 2.87. The average Bonchev–Trinajstić information content (AvgIpc) is 2.28. The lowest BCUT2D eigenvalue weighted by molar-refractivity contribution is 0.203. The third-order valence-corrected chi connectivity index (χ3v) is 2.87. The summed E-state index contributed by atoms with van der Waals surface area (Å²) in [5.41, 5.74) is 2.57. The van der Waals surface area contributed by atoms with E-state index in [4.69, 9.17) is 4.74 Å². The molecule has 0 fully saturated rings. The van der Waals surface area contributed by atoms with Crippen LogP contribution >= 0.6 is 0 Å². The highest BCUT2D eigenvalue weighted by Gasteiger charge is 2.18. The lowest BCUT2D eigenvalue weighted by Gasteiger charge is -2.29. The molecule has 98 valence electrons. The fourth-order valence-electron chi connectivity index (χ4n) is 1.96. The van der Waals surface area contributed by atoms with Gasteiger partial charge in [0.1, 0.15) is 11.9 Å². The Morgan fingerprint density at radius 1 is 1.44 bits per heavy atom. The molecular weight excluding hydrogens is 226 g/mol. The predicted molar refractivity (Wildman–Crippen MR) is 72.8 cm³/mol. The van der Waals surface area contributed by atoms with E-state index in [-0.39, 0.29) is 6.04 Å². The van der Waals surface area contributed by atoms with Crippen LogP contribution in [-0.2, 0) is 4.74 Å². The predicted octanol–water partition coefficient (Wildman–Crippen LogP) is 2.43. The number of pyridine rings is 1. The molecule has 0 radical (unpaired) electrons. The molecule has 0 amide bonds. The third kappa shape index (κ3) is 3.21. The average molecular weight is 247 g/mol. The maximum absolute atomic E-state index is 9.30. The summed E-state index contributed by atoms with van der Waals surface area (Å²) in [5, 5.41) is 9.30. The molecule has 0 aliphatic rings. The van der Waals surface area contributed by atoms with E-state index in [1.54, 1.807) is 7.11 Å². The van der Waals surface area contributed by atoms with Gasteiger partial charge in [-0.1, -0.05) is 0 Å². The molecule has 4 heteroatoms. The minimum absolute atomic E-state index is 0.279. The first-order chi connectivity index (χ1) is 8.51. The van der Waals surface area contributed by atoms with Gasteiger partial charge in [0, 0.05) is 25.4 Å². The number of nitriles is 1. The van der Waals surface area contributed by atoms with Gasteiger partial charge in [-0.15, -0.1) is 0 Å². The van der Waals surface area contributed by atoms with Crippen molar-refractivity contribution in [2.24, 2.45) is 0 Å². The Hall–Kier alpha value is -1.60. The first-order valence-corrected chi connectivity index (χ1v) is 6.15. The molecule has 1 rings (SSSR count). The van der Waals surface area contributed by atoms with Gasteiger partial charge in [-0.05, 0) is 39.3 Å². The van der Waals surface area contributed by atoms with E-state index in [0.717, 1.165) is 23.6 Å². The molecule has 18 heavy (non-hydrogen) atoms. The molecule has 1 aromatic rings. The van der Waals surface area contributed by atoms with Crippen LogP contribution in [0.4, 0.5) is 5.82 Å². The van der Waals surface area contributed by atoms with Gasteiger partial charge in [-0.2, -0.15) is 5.26 Å². The lowest BCUT2D eigenvalue weighted by atomic mass is 10.1. The van der Waals surface area contributed by atoms with E-state index >= 15 is 0 Å². The number of aromatic nitrogens is 1. The largest absolute Gasteiger partial charge is 0.383 e. The Morgan fingerprint density at radius 3 is 2.61 bits per heavy atom. The molecule has 0 atom stereocenters. The number of anilines is 1. The maximum Gasteiger partial charge on any atom is 0.147 e. The van der Waals surface area contributed by atoms with E-state index in [9.17, 15) is 5.26 Å². The van der Waals surface area contributed by atoms with Crippen LogP contribution in [0.25, 0.3) is 0 Å². The Labute approximate surface area is 109 Å². The topological polar surface area (TPSA) is 49.1 Å². The van der Waals surface area contributed by atoms with E-state index in [1.807, 2.05) is 19.9 Å². The van der Waals surface area contributed by atoms with Crippen molar-refractivity contribution in [3.05, 3.63) is 22.9 Å². The van der Waals surface area contributed by atoms with Crippen molar-refractivity contribution in [2.75, 3.05) is 25.2 Å². The van der Waals surface area contributed by atoms with Crippen molar-refractivity contribution >= 4 is 5.82 Å². The summed E-state index contributed by atoms with van der Waals surface area (Å²) < 4.78 is 5.13. The number of nitrogens with zero attached hydrogens (tertiary/aromatic N) is 3. The molecule has 0 aromatic carbocycles. The number of methoxy groups -OCH3 is 1. The molecule has 0 aliphatic carbocycles. The van der Waals surface area contributed by atoms with Crippen molar-refractivity contribution in [3.8, 4) is 6.07 Å². The molecule has 4 nitrogen and oxygen atoms in total. The van der Waals surface area contributed by atoms with E-state index in [0.29, 0.717) is 12.2 Å². The minimum Gasteiger partial charge on any atom is -0.383 e. The second-order valence-corrected chi connectivity index (χ2v) is 4.67. The van der Waals surface area contributed by atoms with Gasteiger partial charge in [0.2, 0.25) is 0 Å². The molecule has 0 unspecified atom stereocenters. The fraction of sp³-hybridized carbons (Fsp3) is 0.571. The lowest BCUT2D eigenvalue weighted by Crippen LogP contribution is -2.35. The van der Waals surface area contributed by atoms with Crippen LogP contribution in [-0.4, -0.2) is 31.3 Å². The van der Waals surface area contributed by atoms with Crippen LogP contribution in [0.3, 0.4) is 0 Å². The second-order valence-electron chi connectivity index (χ2n) is 4.67. The van der Waals surface area contributed by atoms with Gasteiger partial charge in [-0.25, -0.2) is 4.98 Å². The van der Waals surface area contributed by atoms with Gasteiger partial charge >= 0.3 is 0 Å². The van der Waals surface area contributed by atoms with Gasteiger partial charge in [-0.3, -0.25) is 0 Å². The summed E-state index contributed by atoms with van der Waals surface area (Å²) >= 11 is 0. The molecule has 0 saturated carbocycles. The highest BCUT2D eigenvalue weighted by Crippen LogP contribution is 2.23. The van der Waals surface area contributed by atoms with Crippen molar-refractivity contribution in [1.82, 2.24) is 4.98 Å². The summed E-state index contributed by atoms with van der Waals surface area (Å²) in [6.45, 7) is 9.45. The number of aryl methyl sites for hydroxylation is 2. The van der Waals surface area contributed by atoms with Crippen molar-refractivity contribution in [1.29, 1.82) is 5.26 Å². The fourth-order valence-corrected chi connectivity index (χ4v) is 1.96. The quantitative estimate of drug-likeness (QED) is 0.802. The van der Waals surface area contributed by atoms with Crippen LogP contribution < -0.4 is 4.90 Å². The Kier molecular flexibility index (Phi) is 5.11. The number of hydrogen-bond acceptors (Lipinski definition) is 4. The first-order valence-electron chi connectivity index (χ1n) is 6.15. The van der Waals surface area contributed by atoms with E-state index in [2.05, 4.69) is 29.8 Å². The van der Waals surface area contributed by atoms with Crippen LogP contribution in [0.1, 0.15) is 30.7 Å². The van der Waals surface area contributed by atoms with Crippen molar-refractivity contribution in [3.63, 3.8) is 0 Å². The zero-order valence-electron chi connectivity index (χ0n) is 11.8. The summed E-state index contributed by atoms with van der Waals surface area (Å²) in [6, 6.07) is 4.48. The molecule has 1 aromatic heterocycles. The van der Waals surface area contributed by atoms with E-state index < -0.39 is 0 Å². The molecule has 0 spiro atoms. The normalized spacial score (nSPS) is 10.5. The smallest absolute Gasteiger partial charge is 0.147 e. The van der Waals surface area contributed by atoms with Crippen LogP contribution in [0.15, 0.2) is 6.07 Å². The summed E-state index contributed by atoms with van der Waals surface area (Å²) in [6.07, 6.45) is 0. The zero-order valence-corrected chi connectivity index (χ0v) is 11.8. The highest BCUT2D eigenvalue weighted by molar-refractivity contribution is 5.58. The van der Waals surface area contributed by atoms with Gasteiger partial charge in [0.05, 0.1) is 12.2 Å². The van der Waals surface area contributed by atoms with Crippen LogP contribution in [0.5, 0.6) is 0 Å². The molecule has 0 bridgehead atoms. The van der Waals surface area contributed by atoms with Gasteiger partial charge in [0.25, 0.3) is 0 Å². The van der Waals surface area contributed by atoms with Gasteiger partial charge < -0.3 is 9.64 Å². The van der Waals surface area contributed by atoms with Crippen LogP contribution in [0.2, 0.25) is 0 Å². The molecule has 0 N–H and O–H groups in total. The SMILES string of the molecule is COCCN(c1nc(C)cc(C)c1C#N)C(C)C.